The normalized spacial score (nSPS) is 17.2. The summed E-state index contributed by atoms with van der Waals surface area (Å²) in [4.78, 5) is 29.3. The fourth-order valence-corrected chi connectivity index (χ4v) is 2.65. The van der Waals surface area contributed by atoms with E-state index in [-0.39, 0.29) is 12.5 Å². The topological polar surface area (TPSA) is 82.5 Å². The third-order valence-electron chi connectivity index (χ3n) is 3.93. The lowest BCUT2D eigenvalue weighted by Crippen LogP contribution is -2.49. The minimum absolute atomic E-state index is 0.261. The highest BCUT2D eigenvalue weighted by molar-refractivity contribution is 5.82. The van der Waals surface area contributed by atoms with Crippen molar-refractivity contribution in [2.45, 2.75) is 44.6 Å². The van der Waals surface area contributed by atoms with Crippen molar-refractivity contribution >= 4 is 12.0 Å². The van der Waals surface area contributed by atoms with Gasteiger partial charge in [0.1, 0.15) is 6.04 Å². The number of nitrogens with zero attached hydrogens (tertiary/aromatic N) is 2. The Balaban J connectivity index is 1.94. The number of aromatic nitrogens is 1. The number of carboxylic acids is 1. The van der Waals surface area contributed by atoms with E-state index in [0.717, 1.165) is 31.2 Å². The molecule has 120 valence electrons. The summed E-state index contributed by atoms with van der Waals surface area (Å²) in [6.07, 6.45) is 8.94. The summed E-state index contributed by atoms with van der Waals surface area (Å²) >= 11 is 0. The van der Waals surface area contributed by atoms with Crippen molar-refractivity contribution in [3.63, 3.8) is 0 Å². The summed E-state index contributed by atoms with van der Waals surface area (Å²) in [6, 6.07) is 2.33. The van der Waals surface area contributed by atoms with Crippen molar-refractivity contribution in [2.75, 3.05) is 13.1 Å². The summed E-state index contributed by atoms with van der Waals surface area (Å²) in [5.41, 5.74) is 0.843. The lowest BCUT2D eigenvalue weighted by Gasteiger charge is -2.26. The fraction of sp³-hybridized carbons (Fsp3) is 0.562. The van der Waals surface area contributed by atoms with Crippen LogP contribution in [0.2, 0.25) is 0 Å². The zero-order valence-electron chi connectivity index (χ0n) is 12.7. The summed E-state index contributed by atoms with van der Waals surface area (Å²) in [5, 5.41) is 12.0. The first-order valence-electron chi connectivity index (χ1n) is 7.84. The molecule has 1 saturated heterocycles. The summed E-state index contributed by atoms with van der Waals surface area (Å²) in [6.45, 7) is 1.40. The Morgan fingerprint density at radius 1 is 1.14 bits per heavy atom. The van der Waals surface area contributed by atoms with Crippen LogP contribution < -0.4 is 5.32 Å². The van der Waals surface area contributed by atoms with Crippen LogP contribution in [0.3, 0.4) is 0 Å². The second-order valence-electron chi connectivity index (χ2n) is 5.65. The van der Waals surface area contributed by atoms with Gasteiger partial charge in [-0.1, -0.05) is 19.3 Å². The van der Waals surface area contributed by atoms with E-state index in [1.807, 2.05) is 0 Å². The summed E-state index contributed by atoms with van der Waals surface area (Å²) < 4.78 is 0. The Hall–Kier alpha value is -2.11. The molecule has 1 atom stereocenters. The average Bonchev–Trinajstić information content (AvgIpc) is 2.47. The van der Waals surface area contributed by atoms with Gasteiger partial charge in [0.2, 0.25) is 0 Å². The first-order valence-corrected chi connectivity index (χ1v) is 7.84. The van der Waals surface area contributed by atoms with Crippen LogP contribution in [0.1, 0.15) is 37.7 Å². The maximum absolute atomic E-state index is 12.3. The van der Waals surface area contributed by atoms with Crippen LogP contribution in [0, 0.1) is 0 Å². The fourth-order valence-electron chi connectivity index (χ4n) is 2.65. The SMILES string of the molecule is O=C(O)C(Cc1ccncc1)NC(=O)N1CCCCCCC1. The van der Waals surface area contributed by atoms with Crippen LogP contribution in [0.5, 0.6) is 0 Å². The lowest BCUT2D eigenvalue weighted by atomic mass is 10.1. The van der Waals surface area contributed by atoms with Gasteiger partial charge in [0.05, 0.1) is 0 Å². The predicted octanol–water partition coefficient (Wildman–Crippen LogP) is 2.05. The van der Waals surface area contributed by atoms with E-state index in [1.165, 1.54) is 6.42 Å². The van der Waals surface area contributed by atoms with Crippen LogP contribution >= 0.6 is 0 Å². The molecule has 22 heavy (non-hydrogen) atoms. The molecule has 0 spiro atoms. The van der Waals surface area contributed by atoms with Crippen molar-refractivity contribution in [2.24, 2.45) is 0 Å². The Morgan fingerprint density at radius 3 is 2.32 bits per heavy atom. The van der Waals surface area contributed by atoms with E-state index < -0.39 is 12.0 Å². The molecule has 1 aromatic rings. The van der Waals surface area contributed by atoms with E-state index in [1.54, 1.807) is 29.4 Å². The number of carbonyl (C=O) groups excluding carboxylic acids is 1. The van der Waals surface area contributed by atoms with Gasteiger partial charge in [-0.05, 0) is 30.5 Å². The van der Waals surface area contributed by atoms with Gasteiger partial charge in [-0.2, -0.15) is 0 Å². The Labute approximate surface area is 130 Å². The van der Waals surface area contributed by atoms with Crippen LogP contribution in [0.4, 0.5) is 4.79 Å². The number of urea groups is 1. The number of rotatable bonds is 4. The average molecular weight is 305 g/mol. The van der Waals surface area contributed by atoms with E-state index in [2.05, 4.69) is 10.3 Å². The molecule has 2 heterocycles. The number of hydrogen-bond acceptors (Lipinski definition) is 3. The van der Waals surface area contributed by atoms with Crippen LogP contribution in [-0.2, 0) is 11.2 Å². The molecule has 6 heteroatoms. The van der Waals surface area contributed by atoms with Crippen molar-refractivity contribution in [1.29, 1.82) is 0 Å². The molecule has 0 saturated carbocycles. The van der Waals surface area contributed by atoms with Crippen LogP contribution in [-0.4, -0.2) is 46.1 Å². The molecule has 1 aliphatic heterocycles. The van der Waals surface area contributed by atoms with Gasteiger partial charge in [-0.3, -0.25) is 4.98 Å². The van der Waals surface area contributed by atoms with Gasteiger partial charge < -0.3 is 15.3 Å². The number of hydrogen-bond donors (Lipinski definition) is 2. The number of carboxylic acid groups (broad SMARTS) is 1. The molecule has 0 aromatic carbocycles. The van der Waals surface area contributed by atoms with Gasteiger partial charge in [0.15, 0.2) is 0 Å². The Bertz CT molecular complexity index is 485. The smallest absolute Gasteiger partial charge is 0.326 e. The molecule has 1 aromatic heterocycles. The number of carbonyl (C=O) groups is 2. The molecule has 0 radical (unpaired) electrons. The van der Waals surface area contributed by atoms with E-state index in [4.69, 9.17) is 0 Å². The molecular formula is C16H23N3O3. The minimum Gasteiger partial charge on any atom is -0.480 e. The van der Waals surface area contributed by atoms with Crippen LogP contribution in [0.15, 0.2) is 24.5 Å². The Morgan fingerprint density at radius 2 is 1.73 bits per heavy atom. The van der Waals surface area contributed by atoms with Gasteiger partial charge in [0, 0.05) is 31.9 Å². The highest BCUT2D eigenvalue weighted by Gasteiger charge is 2.23. The molecule has 6 nitrogen and oxygen atoms in total. The molecule has 1 aliphatic rings. The zero-order chi connectivity index (χ0) is 15.8. The Kier molecular flexibility index (Phi) is 6.18. The highest BCUT2D eigenvalue weighted by atomic mass is 16.4. The number of pyridine rings is 1. The number of nitrogens with one attached hydrogen (secondary N) is 1. The molecule has 2 rings (SSSR count). The molecule has 1 unspecified atom stereocenters. The van der Waals surface area contributed by atoms with E-state index in [0.29, 0.717) is 13.1 Å². The maximum atomic E-state index is 12.3. The first kappa shape index (κ1) is 16.3. The molecule has 1 fully saturated rings. The highest BCUT2D eigenvalue weighted by Crippen LogP contribution is 2.11. The van der Waals surface area contributed by atoms with E-state index in [9.17, 15) is 14.7 Å². The van der Waals surface area contributed by atoms with Gasteiger partial charge in [-0.15, -0.1) is 0 Å². The number of likely N-dealkylation sites (tertiary alicyclic amines) is 1. The van der Waals surface area contributed by atoms with Gasteiger partial charge in [-0.25, -0.2) is 9.59 Å². The third kappa shape index (κ3) is 5.02. The zero-order valence-corrected chi connectivity index (χ0v) is 12.7. The molecule has 0 aliphatic carbocycles. The lowest BCUT2D eigenvalue weighted by molar-refractivity contribution is -0.139. The number of aliphatic carboxylic acids is 1. The van der Waals surface area contributed by atoms with Crippen molar-refractivity contribution in [3.8, 4) is 0 Å². The third-order valence-corrected chi connectivity index (χ3v) is 3.93. The summed E-state index contributed by atoms with van der Waals surface area (Å²) in [5.74, 6) is -1.02. The molecule has 2 amide bonds. The number of amides is 2. The second kappa shape index (κ2) is 8.36. The van der Waals surface area contributed by atoms with Crippen molar-refractivity contribution in [3.05, 3.63) is 30.1 Å². The summed E-state index contributed by atoms with van der Waals surface area (Å²) in [7, 11) is 0. The first-order chi connectivity index (χ1) is 10.7. The molecular weight excluding hydrogens is 282 g/mol. The van der Waals surface area contributed by atoms with Gasteiger partial charge >= 0.3 is 12.0 Å². The largest absolute Gasteiger partial charge is 0.480 e. The monoisotopic (exact) mass is 305 g/mol. The van der Waals surface area contributed by atoms with E-state index >= 15 is 0 Å². The molecule has 2 N–H and O–H groups in total. The predicted molar refractivity (Wildman–Crippen MR) is 82.6 cm³/mol. The van der Waals surface area contributed by atoms with Crippen LogP contribution in [0.25, 0.3) is 0 Å². The minimum atomic E-state index is -1.02. The standard InChI is InChI=1S/C16H23N3O3/c20-15(21)14(12-13-6-8-17-9-7-13)18-16(22)19-10-4-2-1-3-5-11-19/h6-9,14H,1-5,10-12H2,(H,18,22)(H,20,21). The maximum Gasteiger partial charge on any atom is 0.326 e. The second-order valence-corrected chi connectivity index (χ2v) is 5.65. The van der Waals surface area contributed by atoms with Crippen molar-refractivity contribution in [1.82, 2.24) is 15.2 Å². The quantitative estimate of drug-likeness (QED) is 0.892. The van der Waals surface area contributed by atoms with Gasteiger partial charge in [0.25, 0.3) is 0 Å². The van der Waals surface area contributed by atoms with Crippen molar-refractivity contribution < 1.29 is 14.7 Å². The molecule has 0 bridgehead atoms.